The molecule has 0 atom stereocenters. The van der Waals surface area contributed by atoms with Gasteiger partial charge in [-0.05, 0) is 13.8 Å². The summed E-state index contributed by atoms with van der Waals surface area (Å²) in [5, 5.41) is 0. The Morgan fingerprint density at radius 2 is 1.79 bits per heavy atom. The highest BCUT2D eigenvalue weighted by Gasteiger charge is 2.15. The number of hydrogen-bond donors (Lipinski definition) is 0. The minimum absolute atomic E-state index is 0.329. The third-order valence-electron chi connectivity index (χ3n) is 0.718. The third kappa shape index (κ3) is 17.4. The van der Waals surface area contributed by atoms with Crippen molar-refractivity contribution in [3.63, 3.8) is 0 Å². The molecule has 0 fully saturated rings. The molecule has 0 aromatic heterocycles. The lowest BCUT2D eigenvalue weighted by Crippen LogP contribution is -1.87. The van der Waals surface area contributed by atoms with Crippen LogP contribution in [0, 0.1) is 0 Å². The Balaban J connectivity index is 0. The van der Waals surface area contributed by atoms with E-state index in [0.717, 1.165) is 6.26 Å². The first-order valence-corrected chi connectivity index (χ1v) is 5.19. The Labute approximate surface area is 85.0 Å². The topological polar surface area (TPSA) is 61.8 Å². The molecule has 0 saturated heterocycles. The van der Waals surface area contributed by atoms with Gasteiger partial charge in [-0.2, -0.15) is 0 Å². The van der Waals surface area contributed by atoms with E-state index in [1.54, 1.807) is 13.8 Å². The monoisotopic (exact) mass is 223 g/mol. The van der Waals surface area contributed by atoms with Crippen LogP contribution >= 0.6 is 8.25 Å². The van der Waals surface area contributed by atoms with E-state index >= 15 is 0 Å². The van der Waals surface area contributed by atoms with Gasteiger partial charge in [-0.1, -0.05) is 6.58 Å². The molecule has 0 aromatic carbocycles. The average Bonchev–Trinajstić information content (AvgIpc) is 2.05. The molecule has 6 heteroatoms. The normalized spacial score (nSPS) is 8.21. The number of carbonyl (C=O) groups excluding carboxylic acids is 1. The summed E-state index contributed by atoms with van der Waals surface area (Å²) >= 11 is 0. The first-order valence-electron chi connectivity index (χ1n) is 4.09. The molecular formula is C8H16O5P+. The molecule has 0 saturated carbocycles. The molecule has 0 aliphatic rings. The highest BCUT2D eigenvalue weighted by Crippen LogP contribution is 2.21. The fourth-order valence-electron chi connectivity index (χ4n) is 0.365. The van der Waals surface area contributed by atoms with E-state index in [4.69, 9.17) is 0 Å². The second-order valence-electron chi connectivity index (χ2n) is 1.84. The van der Waals surface area contributed by atoms with E-state index in [0.29, 0.717) is 13.2 Å². The molecule has 82 valence electrons. The Morgan fingerprint density at radius 3 is 1.93 bits per heavy atom. The number of esters is 1. The summed E-state index contributed by atoms with van der Waals surface area (Å²) in [6.45, 7) is 8.90. The smallest absolute Gasteiger partial charge is 0.435 e. The standard InChI is InChI=1S/C4H10O3P.C4H6O2/c1-3-6-8(5)7-4-2;1-3-6-4(2)5/h3-4H2,1-2H3;3H,1H2,2H3/q+1;. The molecule has 0 spiro atoms. The van der Waals surface area contributed by atoms with Crippen LogP contribution in [0.2, 0.25) is 0 Å². The molecule has 0 radical (unpaired) electrons. The molecule has 0 aliphatic heterocycles. The van der Waals surface area contributed by atoms with Crippen LogP contribution in [0.5, 0.6) is 0 Å². The summed E-state index contributed by atoms with van der Waals surface area (Å²) in [6, 6.07) is 0. The maximum absolute atomic E-state index is 10.3. The zero-order chi connectivity index (χ0) is 11.4. The predicted molar refractivity (Wildman–Crippen MR) is 52.8 cm³/mol. The summed E-state index contributed by atoms with van der Waals surface area (Å²) < 4.78 is 23.7. The van der Waals surface area contributed by atoms with Gasteiger partial charge < -0.3 is 4.74 Å². The van der Waals surface area contributed by atoms with Gasteiger partial charge in [0.1, 0.15) is 13.2 Å². The molecule has 0 N–H and O–H groups in total. The van der Waals surface area contributed by atoms with Crippen LogP contribution < -0.4 is 0 Å². The highest BCUT2D eigenvalue weighted by atomic mass is 31.1. The fourth-order valence-corrected chi connectivity index (χ4v) is 0.862. The van der Waals surface area contributed by atoms with E-state index in [2.05, 4.69) is 20.4 Å². The van der Waals surface area contributed by atoms with Crippen molar-refractivity contribution >= 4 is 14.2 Å². The van der Waals surface area contributed by atoms with Crippen molar-refractivity contribution in [2.75, 3.05) is 13.2 Å². The van der Waals surface area contributed by atoms with E-state index in [1.807, 2.05) is 0 Å². The molecule has 0 aromatic rings. The van der Waals surface area contributed by atoms with Crippen molar-refractivity contribution in [2.24, 2.45) is 0 Å². The van der Waals surface area contributed by atoms with Gasteiger partial charge in [0.25, 0.3) is 0 Å². The number of rotatable bonds is 5. The molecule has 0 rings (SSSR count). The van der Waals surface area contributed by atoms with Crippen LogP contribution in [0.3, 0.4) is 0 Å². The summed E-state index contributed by atoms with van der Waals surface area (Å²) in [5.74, 6) is -0.329. The number of carbonyl (C=O) groups is 1. The zero-order valence-electron chi connectivity index (χ0n) is 8.69. The summed E-state index contributed by atoms with van der Waals surface area (Å²) in [6.07, 6.45) is 1.10. The first-order chi connectivity index (χ1) is 6.58. The largest absolute Gasteiger partial charge is 0.697 e. The number of ether oxygens (including phenoxy) is 1. The predicted octanol–water partition coefficient (Wildman–Crippen LogP) is 2.41. The molecule has 0 amide bonds. The van der Waals surface area contributed by atoms with Gasteiger partial charge in [0.2, 0.25) is 0 Å². The van der Waals surface area contributed by atoms with E-state index in [-0.39, 0.29) is 5.97 Å². The van der Waals surface area contributed by atoms with Crippen molar-refractivity contribution < 1.29 is 23.1 Å². The first kappa shape index (κ1) is 15.7. The molecule has 0 unspecified atom stereocenters. The van der Waals surface area contributed by atoms with E-state index < -0.39 is 8.25 Å². The van der Waals surface area contributed by atoms with E-state index in [9.17, 15) is 9.36 Å². The Kier molecular flexibility index (Phi) is 13.7. The second-order valence-corrected chi connectivity index (χ2v) is 2.80. The minimum Gasteiger partial charge on any atom is -0.435 e. The van der Waals surface area contributed by atoms with Crippen LogP contribution in [0.15, 0.2) is 12.8 Å². The molecule has 0 heterocycles. The van der Waals surface area contributed by atoms with Crippen LogP contribution in [0.1, 0.15) is 20.8 Å². The fraction of sp³-hybridized carbons (Fsp3) is 0.625. The van der Waals surface area contributed by atoms with Gasteiger partial charge in [0, 0.05) is 11.5 Å². The molecule has 14 heavy (non-hydrogen) atoms. The van der Waals surface area contributed by atoms with Crippen molar-refractivity contribution in [1.82, 2.24) is 0 Å². The maximum atomic E-state index is 10.3. The van der Waals surface area contributed by atoms with Gasteiger partial charge in [0.05, 0.1) is 6.26 Å². The highest BCUT2D eigenvalue weighted by molar-refractivity contribution is 7.33. The van der Waals surface area contributed by atoms with Gasteiger partial charge in [-0.3, -0.25) is 4.79 Å². The Bertz CT molecular complexity index is 173. The zero-order valence-corrected chi connectivity index (χ0v) is 9.58. The van der Waals surface area contributed by atoms with Gasteiger partial charge >= 0.3 is 14.2 Å². The lowest BCUT2D eigenvalue weighted by Gasteiger charge is -1.83. The minimum atomic E-state index is -1.83. The molecule has 0 bridgehead atoms. The summed E-state index contributed by atoms with van der Waals surface area (Å²) in [7, 11) is -1.83. The summed E-state index contributed by atoms with van der Waals surface area (Å²) in [4.78, 5) is 9.75. The van der Waals surface area contributed by atoms with Crippen molar-refractivity contribution in [3.05, 3.63) is 12.8 Å². The molecule has 5 nitrogen and oxygen atoms in total. The molecular weight excluding hydrogens is 207 g/mol. The SMILES string of the molecule is C=COC(C)=O.CCO[P+](=O)OCC. The van der Waals surface area contributed by atoms with Crippen LogP contribution in [0.4, 0.5) is 0 Å². The molecule has 0 aliphatic carbocycles. The summed E-state index contributed by atoms with van der Waals surface area (Å²) in [5.41, 5.74) is 0. The lowest BCUT2D eigenvalue weighted by atomic mass is 10.8. The second kappa shape index (κ2) is 12.2. The van der Waals surface area contributed by atoms with Crippen molar-refractivity contribution in [3.8, 4) is 0 Å². The maximum Gasteiger partial charge on any atom is 0.697 e. The lowest BCUT2D eigenvalue weighted by molar-refractivity contribution is -0.135. The van der Waals surface area contributed by atoms with Gasteiger partial charge in [-0.25, -0.2) is 0 Å². The van der Waals surface area contributed by atoms with Gasteiger partial charge in [0.15, 0.2) is 0 Å². The quantitative estimate of drug-likeness (QED) is 0.407. The van der Waals surface area contributed by atoms with Crippen LogP contribution in [-0.2, 0) is 23.1 Å². The van der Waals surface area contributed by atoms with Crippen molar-refractivity contribution in [2.45, 2.75) is 20.8 Å². The average molecular weight is 223 g/mol. The Hall–Kier alpha value is -0.770. The Morgan fingerprint density at radius 1 is 1.36 bits per heavy atom. The van der Waals surface area contributed by atoms with Crippen LogP contribution in [0.25, 0.3) is 0 Å². The third-order valence-corrected chi connectivity index (χ3v) is 1.66. The van der Waals surface area contributed by atoms with E-state index in [1.165, 1.54) is 6.92 Å². The van der Waals surface area contributed by atoms with Crippen molar-refractivity contribution in [1.29, 1.82) is 0 Å². The van der Waals surface area contributed by atoms with Crippen LogP contribution in [-0.4, -0.2) is 19.2 Å². The van der Waals surface area contributed by atoms with Gasteiger partial charge in [-0.15, -0.1) is 9.05 Å². The number of hydrogen-bond acceptors (Lipinski definition) is 5.